The lowest BCUT2D eigenvalue weighted by atomic mass is 10.2. The number of nitrogens with zero attached hydrogens (tertiary/aromatic N) is 1. The second-order valence-electron chi connectivity index (χ2n) is 2.25. The summed E-state index contributed by atoms with van der Waals surface area (Å²) < 4.78 is 13.1. The SMILES string of the molecule is N#C/C=C(\Cl)c1cc(Cl)ccc1F. The molecule has 0 atom stereocenters. The summed E-state index contributed by atoms with van der Waals surface area (Å²) in [7, 11) is 0. The summed E-state index contributed by atoms with van der Waals surface area (Å²) in [6, 6.07) is 5.69. The third kappa shape index (κ3) is 2.45. The fourth-order valence-electron chi connectivity index (χ4n) is 0.815. The molecule has 0 saturated carbocycles. The molecule has 0 bridgehead atoms. The average molecular weight is 216 g/mol. The highest BCUT2D eigenvalue weighted by atomic mass is 35.5. The number of allylic oxidation sites excluding steroid dienone is 1. The first-order valence-electron chi connectivity index (χ1n) is 3.36. The van der Waals surface area contributed by atoms with Gasteiger partial charge in [0.25, 0.3) is 0 Å². The van der Waals surface area contributed by atoms with Crippen LogP contribution in [0.3, 0.4) is 0 Å². The lowest BCUT2D eigenvalue weighted by Gasteiger charge is -2.00. The number of benzene rings is 1. The Hall–Kier alpha value is -1.04. The molecule has 0 N–H and O–H groups in total. The molecule has 13 heavy (non-hydrogen) atoms. The second-order valence-corrected chi connectivity index (χ2v) is 3.09. The normalized spacial score (nSPS) is 11.1. The molecule has 0 spiro atoms. The van der Waals surface area contributed by atoms with Crippen LogP contribution in [0.5, 0.6) is 0 Å². The first-order chi connectivity index (χ1) is 6.15. The fourth-order valence-corrected chi connectivity index (χ4v) is 1.18. The van der Waals surface area contributed by atoms with Crippen molar-refractivity contribution < 1.29 is 4.39 Å². The molecule has 0 radical (unpaired) electrons. The molecule has 4 heteroatoms. The van der Waals surface area contributed by atoms with Gasteiger partial charge in [-0.05, 0) is 18.2 Å². The van der Waals surface area contributed by atoms with Crippen molar-refractivity contribution >= 4 is 28.2 Å². The maximum absolute atomic E-state index is 13.1. The zero-order chi connectivity index (χ0) is 9.84. The molecule has 0 fully saturated rings. The van der Waals surface area contributed by atoms with Crippen molar-refractivity contribution in [2.45, 2.75) is 0 Å². The van der Waals surface area contributed by atoms with Gasteiger partial charge in [0, 0.05) is 16.7 Å². The molecule has 1 aromatic rings. The van der Waals surface area contributed by atoms with Gasteiger partial charge in [0.2, 0.25) is 0 Å². The zero-order valence-corrected chi connectivity index (χ0v) is 7.90. The molecule has 0 aliphatic heterocycles. The molecule has 1 rings (SSSR count). The van der Waals surface area contributed by atoms with Crippen molar-refractivity contribution in [3.8, 4) is 6.07 Å². The minimum absolute atomic E-state index is 0.0440. The predicted molar refractivity (Wildman–Crippen MR) is 50.9 cm³/mol. The van der Waals surface area contributed by atoms with Crippen molar-refractivity contribution in [2.24, 2.45) is 0 Å². The van der Waals surface area contributed by atoms with E-state index in [1.54, 1.807) is 6.07 Å². The largest absolute Gasteiger partial charge is 0.206 e. The fraction of sp³-hybridized carbons (Fsp3) is 0. The van der Waals surface area contributed by atoms with E-state index in [0.717, 1.165) is 6.08 Å². The van der Waals surface area contributed by atoms with Crippen LogP contribution in [0.1, 0.15) is 5.56 Å². The minimum Gasteiger partial charge on any atom is -0.206 e. The standard InChI is InChI=1S/C9H4Cl2FN/c10-6-1-2-9(12)7(5-6)8(11)3-4-13/h1-3,5H/b8-3-. The third-order valence-corrected chi connectivity index (χ3v) is 1.92. The number of hydrogen-bond donors (Lipinski definition) is 0. The van der Waals surface area contributed by atoms with Crippen LogP contribution in [0.2, 0.25) is 5.02 Å². The van der Waals surface area contributed by atoms with Crippen LogP contribution in [0.25, 0.3) is 5.03 Å². The van der Waals surface area contributed by atoms with E-state index in [2.05, 4.69) is 0 Å². The van der Waals surface area contributed by atoms with Crippen molar-refractivity contribution in [2.75, 3.05) is 0 Å². The summed E-state index contributed by atoms with van der Waals surface area (Å²) in [6.45, 7) is 0. The molecule has 0 heterocycles. The van der Waals surface area contributed by atoms with Crippen LogP contribution >= 0.6 is 23.2 Å². The molecule has 66 valence electrons. The predicted octanol–water partition coefficient (Wildman–Crippen LogP) is 3.58. The Kier molecular flexibility index (Phi) is 3.30. The Morgan fingerprint density at radius 1 is 1.54 bits per heavy atom. The van der Waals surface area contributed by atoms with Crippen LogP contribution in [0, 0.1) is 17.1 Å². The molecule has 0 aromatic heterocycles. The quantitative estimate of drug-likeness (QED) is 0.658. The van der Waals surface area contributed by atoms with Crippen molar-refractivity contribution in [1.29, 1.82) is 5.26 Å². The molecule has 0 aliphatic carbocycles. The van der Waals surface area contributed by atoms with Crippen LogP contribution in [-0.2, 0) is 0 Å². The Morgan fingerprint density at radius 2 is 2.23 bits per heavy atom. The van der Waals surface area contributed by atoms with Gasteiger partial charge < -0.3 is 0 Å². The number of nitriles is 1. The third-order valence-electron chi connectivity index (χ3n) is 1.38. The van der Waals surface area contributed by atoms with E-state index >= 15 is 0 Å². The van der Waals surface area contributed by atoms with E-state index in [1.165, 1.54) is 18.2 Å². The van der Waals surface area contributed by atoms with Gasteiger partial charge in [-0.2, -0.15) is 5.26 Å². The summed E-state index contributed by atoms with van der Waals surface area (Å²) in [5.74, 6) is -0.499. The lowest BCUT2D eigenvalue weighted by Crippen LogP contribution is -1.84. The van der Waals surface area contributed by atoms with Gasteiger partial charge in [-0.25, -0.2) is 4.39 Å². The lowest BCUT2D eigenvalue weighted by molar-refractivity contribution is 0.625. The summed E-state index contributed by atoms with van der Waals surface area (Å²) in [5.41, 5.74) is 0.135. The van der Waals surface area contributed by atoms with Gasteiger partial charge in [0.15, 0.2) is 0 Å². The van der Waals surface area contributed by atoms with Gasteiger partial charge in [0.05, 0.1) is 11.1 Å². The Labute approximate surface area is 85.0 Å². The maximum atomic E-state index is 13.1. The van der Waals surface area contributed by atoms with Crippen molar-refractivity contribution in [1.82, 2.24) is 0 Å². The molecule has 1 aromatic carbocycles. The summed E-state index contributed by atoms with van der Waals surface area (Å²) in [5, 5.41) is 8.71. The topological polar surface area (TPSA) is 23.8 Å². The van der Waals surface area contributed by atoms with E-state index in [9.17, 15) is 4.39 Å². The summed E-state index contributed by atoms with van der Waals surface area (Å²) in [6.07, 6.45) is 1.05. The molecule has 0 unspecified atom stereocenters. The molecule has 1 nitrogen and oxygen atoms in total. The molecule has 0 aliphatic rings. The van der Waals surface area contributed by atoms with E-state index in [-0.39, 0.29) is 10.6 Å². The number of hydrogen-bond acceptors (Lipinski definition) is 1. The van der Waals surface area contributed by atoms with E-state index in [0.29, 0.717) is 5.02 Å². The van der Waals surface area contributed by atoms with Crippen LogP contribution in [-0.4, -0.2) is 0 Å². The number of rotatable bonds is 1. The van der Waals surface area contributed by atoms with Gasteiger partial charge in [0.1, 0.15) is 5.82 Å². The first-order valence-corrected chi connectivity index (χ1v) is 4.11. The summed E-state index contributed by atoms with van der Waals surface area (Å²) in [4.78, 5) is 0. The molecule has 0 saturated heterocycles. The van der Waals surface area contributed by atoms with E-state index in [1.807, 2.05) is 0 Å². The minimum atomic E-state index is -0.499. The van der Waals surface area contributed by atoms with Gasteiger partial charge in [-0.3, -0.25) is 0 Å². The van der Waals surface area contributed by atoms with Crippen LogP contribution < -0.4 is 0 Å². The van der Waals surface area contributed by atoms with E-state index in [4.69, 9.17) is 28.5 Å². The summed E-state index contributed by atoms with van der Waals surface area (Å²) >= 11 is 11.2. The monoisotopic (exact) mass is 215 g/mol. The van der Waals surface area contributed by atoms with E-state index < -0.39 is 5.82 Å². The molecule has 0 amide bonds. The number of halogens is 3. The second kappa shape index (κ2) is 4.27. The van der Waals surface area contributed by atoms with Crippen LogP contribution in [0.4, 0.5) is 4.39 Å². The van der Waals surface area contributed by atoms with Crippen molar-refractivity contribution in [3.05, 3.63) is 40.7 Å². The maximum Gasteiger partial charge on any atom is 0.132 e. The highest BCUT2D eigenvalue weighted by Crippen LogP contribution is 2.24. The van der Waals surface area contributed by atoms with Crippen molar-refractivity contribution in [3.63, 3.8) is 0 Å². The van der Waals surface area contributed by atoms with Gasteiger partial charge in [-0.1, -0.05) is 23.2 Å². The Morgan fingerprint density at radius 3 is 2.85 bits per heavy atom. The van der Waals surface area contributed by atoms with Gasteiger partial charge in [-0.15, -0.1) is 0 Å². The molecular formula is C9H4Cl2FN. The average Bonchev–Trinajstić information content (AvgIpc) is 2.09. The highest BCUT2D eigenvalue weighted by molar-refractivity contribution is 6.49. The van der Waals surface area contributed by atoms with Gasteiger partial charge >= 0.3 is 0 Å². The van der Waals surface area contributed by atoms with Crippen LogP contribution in [0.15, 0.2) is 24.3 Å². The first kappa shape index (κ1) is 10.0. The highest BCUT2D eigenvalue weighted by Gasteiger charge is 2.05. The zero-order valence-electron chi connectivity index (χ0n) is 6.39. The smallest absolute Gasteiger partial charge is 0.132 e. The Balaban J connectivity index is 3.22. The Bertz CT molecular complexity index is 393. The molecular weight excluding hydrogens is 212 g/mol.